The van der Waals surface area contributed by atoms with Crippen LogP contribution < -0.4 is 5.73 Å². The fraction of sp³-hybridized carbons (Fsp3) is 0.300. The number of aromatic amines is 1. The van der Waals surface area contributed by atoms with Gasteiger partial charge in [-0.2, -0.15) is 0 Å². The Labute approximate surface area is 136 Å². The number of nitrogens with one attached hydrogen (secondary N) is 1. The largest absolute Gasteiger partial charge is 0.352 e. The summed E-state index contributed by atoms with van der Waals surface area (Å²) in [7, 11) is 0. The lowest BCUT2D eigenvalue weighted by Crippen LogP contribution is -1.99. The number of hydrogen-bond donors (Lipinski definition) is 2. The fourth-order valence-corrected chi connectivity index (χ4v) is 3.10. The molecule has 3 N–H and O–H groups in total. The van der Waals surface area contributed by atoms with Gasteiger partial charge in [0.05, 0.1) is 5.52 Å². The number of unbranched alkanes of at least 4 members (excludes halogenated alkanes) is 1. The van der Waals surface area contributed by atoms with Crippen LogP contribution in [0.25, 0.3) is 22.2 Å². The first kappa shape index (κ1) is 15.8. The lowest BCUT2D eigenvalue weighted by Gasteiger charge is -2.06. The summed E-state index contributed by atoms with van der Waals surface area (Å²) in [5.74, 6) is -0.195. The zero-order valence-corrected chi connectivity index (χ0v) is 13.5. The van der Waals surface area contributed by atoms with Crippen molar-refractivity contribution in [2.75, 3.05) is 6.54 Å². The van der Waals surface area contributed by atoms with Gasteiger partial charge in [0.15, 0.2) is 0 Å². The number of aryl methyl sites for hydroxylation is 2. The van der Waals surface area contributed by atoms with Crippen molar-refractivity contribution in [1.29, 1.82) is 0 Å². The van der Waals surface area contributed by atoms with Crippen LogP contribution in [0, 0.1) is 5.82 Å². The van der Waals surface area contributed by atoms with E-state index in [4.69, 9.17) is 5.73 Å². The summed E-state index contributed by atoms with van der Waals surface area (Å²) in [6, 6.07) is 13.8. The highest BCUT2D eigenvalue weighted by Crippen LogP contribution is 2.32. The van der Waals surface area contributed by atoms with Crippen LogP contribution in [0.2, 0.25) is 0 Å². The second-order valence-electron chi connectivity index (χ2n) is 5.94. The van der Waals surface area contributed by atoms with Crippen LogP contribution in [0.4, 0.5) is 4.39 Å². The number of aromatic nitrogens is 1. The van der Waals surface area contributed by atoms with Crippen molar-refractivity contribution in [3.63, 3.8) is 0 Å². The highest BCUT2D eigenvalue weighted by molar-refractivity contribution is 5.91. The van der Waals surface area contributed by atoms with Crippen molar-refractivity contribution in [2.24, 2.45) is 5.73 Å². The molecule has 2 nitrogen and oxygen atoms in total. The molecule has 0 spiro atoms. The molecule has 1 heterocycles. The third kappa shape index (κ3) is 3.15. The van der Waals surface area contributed by atoms with E-state index in [1.54, 1.807) is 6.07 Å². The van der Waals surface area contributed by atoms with Gasteiger partial charge in [-0.3, -0.25) is 0 Å². The van der Waals surface area contributed by atoms with E-state index in [-0.39, 0.29) is 5.82 Å². The number of hydrogen-bond acceptors (Lipinski definition) is 1. The molecule has 2 aromatic carbocycles. The van der Waals surface area contributed by atoms with Gasteiger partial charge in [-0.05, 0) is 55.0 Å². The molecule has 0 aliphatic heterocycles. The van der Waals surface area contributed by atoms with E-state index >= 15 is 0 Å². The maximum absolute atomic E-state index is 14.2. The first-order valence-electron chi connectivity index (χ1n) is 8.33. The van der Waals surface area contributed by atoms with Gasteiger partial charge in [-0.1, -0.05) is 43.3 Å². The summed E-state index contributed by atoms with van der Waals surface area (Å²) in [5, 5.41) is 0.983. The second-order valence-corrected chi connectivity index (χ2v) is 5.94. The van der Waals surface area contributed by atoms with Crippen molar-refractivity contribution in [3.05, 3.63) is 59.4 Å². The molecule has 0 radical (unpaired) electrons. The molecule has 120 valence electrons. The molecule has 3 heteroatoms. The molecule has 0 aliphatic rings. The lowest BCUT2D eigenvalue weighted by molar-refractivity contribution is 0.637. The molecule has 0 saturated heterocycles. The number of rotatable bonds is 6. The van der Waals surface area contributed by atoms with E-state index < -0.39 is 0 Å². The van der Waals surface area contributed by atoms with Gasteiger partial charge in [0.2, 0.25) is 0 Å². The van der Waals surface area contributed by atoms with Crippen molar-refractivity contribution < 1.29 is 4.39 Å². The first-order chi connectivity index (χ1) is 11.2. The zero-order valence-electron chi connectivity index (χ0n) is 13.5. The molecular weight excluding hydrogens is 287 g/mol. The number of nitrogens with two attached hydrogens (primary N) is 1. The molecule has 0 amide bonds. The van der Waals surface area contributed by atoms with Gasteiger partial charge >= 0.3 is 0 Å². The number of H-pyrrole nitrogens is 1. The average Bonchev–Trinajstić information content (AvgIpc) is 2.95. The third-order valence-corrected chi connectivity index (χ3v) is 4.42. The Balaban J connectivity index is 2.09. The molecule has 0 fully saturated rings. The number of halogens is 1. The summed E-state index contributed by atoms with van der Waals surface area (Å²) in [6.07, 6.45) is 3.92. The van der Waals surface area contributed by atoms with Crippen LogP contribution in [0.15, 0.2) is 42.5 Å². The molecule has 0 aliphatic carbocycles. The van der Waals surface area contributed by atoms with Gasteiger partial charge in [0.1, 0.15) is 5.82 Å². The van der Waals surface area contributed by atoms with Crippen molar-refractivity contribution in [1.82, 2.24) is 4.98 Å². The van der Waals surface area contributed by atoms with Crippen molar-refractivity contribution in [2.45, 2.75) is 32.6 Å². The van der Waals surface area contributed by atoms with Crippen LogP contribution >= 0.6 is 0 Å². The summed E-state index contributed by atoms with van der Waals surface area (Å²) < 4.78 is 14.2. The first-order valence-corrected chi connectivity index (χ1v) is 8.33. The standard InChI is InChI=1S/C20H23FN2/c1-2-14-9-11-15(12-10-14)19-16(6-3-4-13-22)17-7-5-8-18(21)20(17)23-19/h5,7-12,23H,2-4,6,13,22H2,1H3. The Hall–Kier alpha value is -2.13. The van der Waals surface area contributed by atoms with Gasteiger partial charge in [0.25, 0.3) is 0 Å². The average molecular weight is 310 g/mol. The van der Waals surface area contributed by atoms with E-state index in [0.29, 0.717) is 12.1 Å². The number of para-hydroxylation sites is 1. The Morgan fingerprint density at radius 3 is 2.52 bits per heavy atom. The van der Waals surface area contributed by atoms with Crippen molar-refractivity contribution >= 4 is 10.9 Å². The van der Waals surface area contributed by atoms with E-state index in [1.165, 1.54) is 17.2 Å². The maximum atomic E-state index is 14.2. The van der Waals surface area contributed by atoms with Crippen LogP contribution in [-0.4, -0.2) is 11.5 Å². The summed E-state index contributed by atoms with van der Waals surface area (Å²) >= 11 is 0. The lowest BCUT2D eigenvalue weighted by atomic mass is 9.99. The minimum Gasteiger partial charge on any atom is -0.352 e. The normalized spacial score (nSPS) is 11.3. The van der Waals surface area contributed by atoms with Crippen molar-refractivity contribution in [3.8, 4) is 11.3 Å². The highest BCUT2D eigenvalue weighted by atomic mass is 19.1. The molecule has 3 aromatic rings. The molecule has 0 unspecified atom stereocenters. The van der Waals surface area contributed by atoms with Gasteiger partial charge in [-0.15, -0.1) is 0 Å². The predicted octanol–water partition coefficient (Wildman–Crippen LogP) is 4.82. The topological polar surface area (TPSA) is 41.8 Å². The van der Waals surface area contributed by atoms with Gasteiger partial charge in [0, 0.05) is 11.1 Å². The van der Waals surface area contributed by atoms with Crippen LogP contribution in [0.3, 0.4) is 0 Å². The number of benzene rings is 2. The number of fused-ring (bicyclic) bond motifs is 1. The Bertz CT molecular complexity index is 787. The minimum absolute atomic E-state index is 0.195. The minimum atomic E-state index is -0.195. The SMILES string of the molecule is CCc1ccc(-c2[nH]c3c(F)cccc3c2CCCCN)cc1. The smallest absolute Gasteiger partial charge is 0.147 e. The Morgan fingerprint density at radius 2 is 1.83 bits per heavy atom. The van der Waals surface area contributed by atoms with Crippen LogP contribution in [-0.2, 0) is 12.8 Å². The molecule has 1 aromatic heterocycles. The molecule has 23 heavy (non-hydrogen) atoms. The van der Waals surface area contributed by atoms with Gasteiger partial charge in [-0.25, -0.2) is 4.39 Å². The van der Waals surface area contributed by atoms with E-state index in [9.17, 15) is 4.39 Å². The quantitative estimate of drug-likeness (QED) is 0.630. The third-order valence-electron chi connectivity index (χ3n) is 4.42. The molecule has 0 saturated carbocycles. The second kappa shape index (κ2) is 6.97. The Kier molecular flexibility index (Phi) is 4.77. The Morgan fingerprint density at radius 1 is 1.04 bits per heavy atom. The maximum Gasteiger partial charge on any atom is 0.147 e. The van der Waals surface area contributed by atoms with E-state index in [1.807, 2.05) is 6.07 Å². The molecular formula is C20H23FN2. The molecule has 3 rings (SSSR count). The summed E-state index contributed by atoms with van der Waals surface area (Å²) in [4.78, 5) is 3.31. The summed E-state index contributed by atoms with van der Waals surface area (Å²) in [6.45, 7) is 2.84. The van der Waals surface area contributed by atoms with E-state index in [0.717, 1.165) is 42.3 Å². The van der Waals surface area contributed by atoms with Crippen LogP contribution in [0.1, 0.15) is 30.9 Å². The zero-order chi connectivity index (χ0) is 16.2. The molecule has 0 bridgehead atoms. The monoisotopic (exact) mass is 310 g/mol. The predicted molar refractivity (Wildman–Crippen MR) is 95.1 cm³/mol. The molecule has 0 atom stereocenters. The fourth-order valence-electron chi connectivity index (χ4n) is 3.10. The summed E-state index contributed by atoms with van der Waals surface area (Å²) in [5.41, 5.74) is 10.9. The van der Waals surface area contributed by atoms with Crippen LogP contribution in [0.5, 0.6) is 0 Å². The van der Waals surface area contributed by atoms with E-state index in [2.05, 4.69) is 36.2 Å². The highest BCUT2D eigenvalue weighted by Gasteiger charge is 2.15. The van der Waals surface area contributed by atoms with Gasteiger partial charge < -0.3 is 10.7 Å².